The highest BCUT2D eigenvalue weighted by Gasteiger charge is 2.06. The van der Waals surface area contributed by atoms with Crippen LogP contribution in [0.15, 0.2) is 24.3 Å². The highest BCUT2D eigenvalue weighted by molar-refractivity contribution is 5.38. The van der Waals surface area contributed by atoms with Gasteiger partial charge in [0.05, 0.1) is 0 Å². The Morgan fingerprint density at radius 1 is 1.54 bits per heavy atom. The molecule has 0 aromatic heterocycles. The third-order valence-corrected chi connectivity index (χ3v) is 1.79. The molecular formula is C10H12O3. The van der Waals surface area contributed by atoms with Crippen LogP contribution in [0.3, 0.4) is 0 Å². The molecule has 0 saturated heterocycles. The van der Waals surface area contributed by atoms with Crippen LogP contribution in [0.4, 0.5) is 0 Å². The van der Waals surface area contributed by atoms with E-state index in [2.05, 4.69) is 0 Å². The number of hydrogen-bond acceptors (Lipinski definition) is 3. The smallest absolute Gasteiger partial charge is 0.293 e. The van der Waals surface area contributed by atoms with Crippen molar-refractivity contribution in [3.05, 3.63) is 29.8 Å². The highest BCUT2D eigenvalue weighted by atomic mass is 16.5. The van der Waals surface area contributed by atoms with Crippen molar-refractivity contribution in [1.82, 2.24) is 0 Å². The molecule has 1 N–H and O–H groups in total. The number of benzene rings is 1. The van der Waals surface area contributed by atoms with Gasteiger partial charge in [0.15, 0.2) is 0 Å². The largest absolute Gasteiger partial charge is 0.508 e. The van der Waals surface area contributed by atoms with Crippen LogP contribution in [0.25, 0.3) is 0 Å². The quantitative estimate of drug-likeness (QED) is 0.714. The summed E-state index contributed by atoms with van der Waals surface area (Å²) < 4.78 is 4.71. The summed E-state index contributed by atoms with van der Waals surface area (Å²) in [5.41, 5.74) is 0.789. The maximum absolute atomic E-state index is 10.0. The minimum Gasteiger partial charge on any atom is -0.508 e. The second-order valence-electron chi connectivity index (χ2n) is 2.88. The number of phenolic OH excluding ortho intramolecular Hbond substituents is 1. The molecule has 0 radical (unpaired) electrons. The first-order chi connectivity index (χ1) is 6.24. The van der Waals surface area contributed by atoms with E-state index in [0.29, 0.717) is 12.9 Å². The summed E-state index contributed by atoms with van der Waals surface area (Å²) in [4.78, 5) is 10.0. The van der Waals surface area contributed by atoms with Gasteiger partial charge in [-0.05, 0) is 18.6 Å². The van der Waals surface area contributed by atoms with Gasteiger partial charge in [-0.15, -0.1) is 0 Å². The first-order valence-electron chi connectivity index (χ1n) is 4.10. The lowest BCUT2D eigenvalue weighted by molar-refractivity contribution is -0.132. The van der Waals surface area contributed by atoms with E-state index >= 15 is 0 Å². The molecule has 0 aliphatic rings. The summed E-state index contributed by atoms with van der Waals surface area (Å²) in [6.45, 7) is 2.20. The Bertz CT molecular complexity index is 283. The van der Waals surface area contributed by atoms with Crippen LogP contribution in [0.2, 0.25) is 0 Å². The van der Waals surface area contributed by atoms with Gasteiger partial charge in [-0.3, -0.25) is 4.79 Å². The average molecular weight is 180 g/mol. The molecule has 0 saturated carbocycles. The van der Waals surface area contributed by atoms with Crippen LogP contribution in [-0.2, 0) is 16.0 Å². The fraction of sp³-hybridized carbons (Fsp3) is 0.300. The molecule has 70 valence electrons. The molecule has 1 rings (SSSR count). The van der Waals surface area contributed by atoms with Crippen molar-refractivity contribution in [3.63, 3.8) is 0 Å². The van der Waals surface area contributed by atoms with Gasteiger partial charge in [0.2, 0.25) is 0 Å². The van der Waals surface area contributed by atoms with Crippen LogP contribution >= 0.6 is 0 Å². The van der Waals surface area contributed by atoms with Crippen LogP contribution in [0, 0.1) is 0 Å². The Morgan fingerprint density at radius 3 is 2.85 bits per heavy atom. The SMILES string of the molecule is CC(Cc1ccccc1O)OC=O. The number of ether oxygens (including phenoxy) is 1. The second kappa shape index (κ2) is 4.50. The summed E-state index contributed by atoms with van der Waals surface area (Å²) in [6, 6.07) is 7.01. The van der Waals surface area contributed by atoms with Gasteiger partial charge < -0.3 is 9.84 Å². The maximum atomic E-state index is 10.0. The predicted molar refractivity (Wildman–Crippen MR) is 48.4 cm³/mol. The van der Waals surface area contributed by atoms with E-state index in [1.54, 1.807) is 25.1 Å². The fourth-order valence-electron chi connectivity index (χ4n) is 1.14. The molecule has 1 aromatic carbocycles. The van der Waals surface area contributed by atoms with E-state index in [9.17, 15) is 9.90 Å². The van der Waals surface area contributed by atoms with E-state index in [1.807, 2.05) is 6.07 Å². The number of carbonyl (C=O) groups excluding carboxylic acids is 1. The van der Waals surface area contributed by atoms with Crippen molar-refractivity contribution in [2.24, 2.45) is 0 Å². The maximum Gasteiger partial charge on any atom is 0.293 e. The summed E-state index contributed by atoms with van der Waals surface area (Å²) in [5, 5.41) is 9.38. The number of rotatable bonds is 4. The van der Waals surface area contributed by atoms with Crippen LogP contribution in [-0.4, -0.2) is 17.7 Å². The molecule has 1 aromatic rings. The first kappa shape index (κ1) is 9.58. The van der Waals surface area contributed by atoms with Gasteiger partial charge in [0.25, 0.3) is 6.47 Å². The molecule has 0 heterocycles. The molecule has 1 atom stereocenters. The average Bonchev–Trinajstić information content (AvgIpc) is 2.09. The molecule has 0 amide bonds. The lowest BCUT2D eigenvalue weighted by Gasteiger charge is -2.09. The zero-order valence-electron chi connectivity index (χ0n) is 7.43. The lowest BCUT2D eigenvalue weighted by Crippen LogP contribution is -2.10. The van der Waals surface area contributed by atoms with Crippen molar-refractivity contribution in [1.29, 1.82) is 0 Å². The molecule has 0 bridgehead atoms. The molecule has 0 aliphatic carbocycles. The van der Waals surface area contributed by atoms with Gasteiger partial charge in [-0.1, -0.05) is 18.2 Å². The number of hydrogen-bond donors (Lipinski definition) is 1. The third-order valence-electron chi connectivity index (χ3n) is 1.79. The topological polar surface area (TPSA) is 46.5 Å². The first-order valence-corrected chi connectivity index (χ1v) is 4.10. The minimum atomic E-state index is -0.203. The van der Waals surface area contributed by atoms with E-state index in [0.717, 1.165) is 5.56 Å². The zero-order valence-corrected chi connectivity index (χ0v) is 7.43. The van der Waals surface area contributed by atoms with Crippen molar-refractivity contribution in [2.45, 2.75) is 19.4 Å². The molecular weight excluding hydrogens is 168 g/mol. The van der Waals surface area contributed by atoms with E-state index in [-0.39, 0.29) is 11.9 Å². The van der Waals surface area contributed by atoms with Crippen LogP contribution < -0.4 is 0 Å². The van der Waals surface area contributed by atoms with Crippen molar-refractivity contribution in [2.75, 3.05) is 0 Å². The monoisotopic (exact) mass is 180 g/mol. The predicted octanol–water partition coefficient (Wildman–Crippen LogP) is 1.50. The third kappa shape index (κ3) is 2.78. The van der Waals surface area contributed by atoms with Crippen LogP contribution in [0.5, 0.6) is 5.75 Å². The molecule has 1 unspecified atom stereocenters. The van der Waals surface area contributed by atoms with Gasteiger partial charge in [-0.25, -0.2) is 0 Å². The molecule has 0 fully saturated rings. The van der Waals surface area contributed by atoms with Crippen molar-refractivity contribution < 1.29 is 14.6 Å². The summed E-state index contributed by atoms with van der Waals surface area (Å²) in [6.07, 6.45) is 0.330. The van der Waals surface area contributed by atoms with E-state index in [1.165, 1.54) is 0 Å². The normalized spacial score (nSPS) is 12.1. The minimum absolute atomic E-state index is 0.203. The highest BCUT2D eigenvalue weighted by Crippen LogP contribution is 2.17. The van der Waals surface area contributed by atoms with Gasteiger partial charge in [-0.2, -0.15) is 0 Å². The Balaban J connectivity index is 2.63. The zero-order chi connectivity index (χ0) is 9.68. The Kier molecular flexibility index (Phi) is 3.31. The lowest BCUT2D eigenvalue weighted by atomic mass is 10.1. The second-order valence-corrected chi connectivity index (χ2v) is 2.88. The molecule has 0 spiro atoms. The van der Waals surface area contributed by atoms with Crippen LogP contribution in [0.1, 0.15) is 12.5 Å². The van der Waals surface area contributed by atoms with Gasteiger partial charge in [0, 0.05) is 6.42 Å². The fourth-order valence-corrected chi connectivity index (χ4v) is 1.14. The van der Waals surface area contributed by atoms with Gasteiger partial charge >= 0.3 is 0 Å². The Labute approximate surface area is 77.0 Å². The standard InChI is InChI=1S/C10H12O3/c1-8(13-7-11)6-9-4-2-3-5-10(9)12/h2-5,7-8,12H,6H2,1H3. The summed E-state index contributed by atoms with van der Waals surface area (Å²) >= 11 is 0. The van der Waals surface area contributed by atoms with E-state index in [4.69, 9.17) is 4.74 Å². The van der Waals surface area contributed by atoms with E-state index < -0.39 is 0 Å². The molecule has 3 nitrogen and oxygen atoms in total. The number of para-hydroxylation sites is 1. The summed E-state index contributed by atoms with van der Waals surface area (Å²) in [5.74, 6) is 0.240. The molecule has 0 aliphatic heterocycles. The van der Waals surface area contributed by atoms with Gasteiger partial charge in [0.1, 0.15) is 11.9 Å². The van der Waals surface area contributed by atoms with Crippen molar-refractivity contribution in [3.8, 4) is 5.75 Å². The molecule has 13 heavy (non-hydrogen) atoms. The Morgan fingerprint density at radius 2 is 2.23 bits per heavy atom. The molecule has 3 heteroatoms. The number of aromatic hydroxyl groups is 1. The summed E-state index contributed by atoms with van der Waals surface area (Å²) in [7, 11) is 0. The number of carbonyl (C=O) groups is 1. The Hall–Kier alpha value is -1.51. The number of phenols is 1. The van der Waals surface area contributed by atoms with Crippen molar-refractivity contribution >= 4 is 6.47 Å².